The number of fused-ring (bicyclic) bond motifs is 1. The van der Waals surface area contributed by atoms with Crippen molar-refractivity contribution in [3.05, 3.63) is 54.2 Å². The summed E-state index contributed by atoms with van der Waals surface area (Å²) in [7, 11) is 0. The van der Waals surface area contributed by atoms with E-state index in [9.17, 15) is 10.2 Å². The summed E-state index contributed by atoms with van der Waals surface area (Å²) < 4.78 is 7.82. The molecule has 0 unspecified atom stereocenters. The van der Waals surface area contributed by atoms with Crippen molar-refractivity contribution in [2.75, 3.05) is 0 Å². The van der Waals surface area contributed by atoms with Crippen LogP contribution in [0.25, 0.3) is 10.9 Å². The van der Waals surface area contributed by atoms with E-state index in [1.807, 2.05) is 18.3 Å². The van der Waals surface area contributed by atoms with Crippen LogP contribution in [0.15, 0.2) is 48.7 Å². The minimum Gasteiger partial charge on any atom is -0.508 e. The van der Waals surface area contributed by atoms with Gasteiger partial charge in [-0.05, 0) is 43.3 Å². The first-order valence-corrected chi connectivity index (χ1v) is 6.90. The maximum absolute atomic E-state index is 10.1. The number of benzene rings is 2. The number of phenols is 2. The molecule has 3 rings (SSSR count). The van der Waals surface area contributed by atoms with Crippen LogP contribution >= 0.6 is 0 Å². The first-order chi connectivity index (χ1) is 10.2. The van der Waals surface area contributed by atoms with Gasteiger partial charge in [-0.25, -0.2) is 0 Å². The first-order valence-electron chi connectivity index (χ1n) is 6.90. The van der Waals surface area contributed by atoms with Crippen LogP contribution in [0.3, 0.4) is 0 Å². The Labute approximate surface area is 122 Å². The van der Waals surface area contributed by atoms with E-state index in [0.717, 1.165) is 23.0 Å². The molecule has 2 aromatic carbocycles. The lowest BCUT2D eigenvalue weighted by atomic mass is 10.1. The number of nitrogens with zero attached hydrogens (tertiary/aromatic N) is 1. The van der Waals surface area contributed by atoms with Crippen molar-refractivity contribution in [2.24, 2.45) is 0 Å². The normalized spacial score (nSPS) is 10.9. The fourth-order valence-corrected chi connectivity index (χ4v) is 2.49. The lowest BCUT2D eigenvalue weighted by Gasteiger charge is -2.06. The Hall–Kier alpha value is -2.62. The van der Waals surface area contributed by atoms with E-state index in [1.165, 1.54) is 0 Å². The SMILES string of the molecule is CCn1cc(COc2ccc(O)cc2)c2c(O)cccc21. The Bertz CT molecular complexity index is 760. The minimum absolute atomic E-state index is 0.211. The van der Waals surface area contributed by atoms with Gasteiger partial charge in [-0.3, -0.25) is 0 Å². The predicted octanol–water partition coefficient (Wildman–Crippen LogP) is 3.65. The standard InChI is InChI=1S/C17H17NO3/c1-2-18-10-12(17-15(18)4-3-5-16(17)20)11-21-14-8-6-13(19)7-9-14/h3-10,19-20H,2,11H2,1H3. The third-order valence-corrected chi connectivity index (χ3v) is 3.53. The smallest absolute Gasteiger partial charge is 0.125 e. The van der Waals surface area contributed by atoms with Crippen molar-refractivity contribution in [2.45, 2.75) is 20.1 Å². The van der Waals surface area contributed by atoms with E-state index >= 15 is 0 Å². The van der Waals surface area contributed by atoms with Gasteiger partial charge in [-0.2, -0.15) is 0 Å². The molecule has 0 fully saturated rings. The molecule has 0 aliphatic rings. The molecule has 0 aliphatic carbocycles. The van der Waals surface area contributed by atoms with Crippen LogP contribution in [0, 0.1) is 0 Å². The highest BCUT2D eigenvalue weighted by molar-refractivity contribution is 5.89. The van der Waals surface area contributed by atoms with Crippen molar-refractivity contribution >= 4 is 10.9 Å². The predicted molar refractivity (Wildman–Crippen MR) is 81.7 cm³/mol. The molecular formula is C17H17NO3. The second kappa shape index (κ2) is 5.40. The lowest BCUT2D eigenvalue weighted by Crippen LogP contribution is -1.95. The van der Waals surface area contributed by atoms with Crippen molar-refractivity contribution < 1.29 is 14.9 Å². The first kappa shape index (κ1) is 13.4. The van der Waals surface area contributed by atoms with Gasteiger partial charge in [-0.1, -0.05) is 6.07 Å². The van der Waals surface area contributed by atoms with Crippen LogP contribution in [0.5, 0.6) is 17.2 Å². The quantitative estimate of drug-likeness (QED) is 0.768. The average Bonchev–Trinajstić information content (AvgIpc) is 2.86. The number of aromatic hydroxyl groups is 2. The minimum atomic E-state index is 0.211. The number of phenolic OH excluding ortho intramolecular Hbond substituents is 2. The van der Waals surface area contributed by atoms with Crippen LogP contribution < -0.4 is 4.74 Å². The van der Waals surface area contributed by atoms with Gasteiger partial charge in [0.15, 0.2) is 0 Å². The topological polar surface area (TPSA) is 54.6 Å². The lowest BCUT2D eigenvalue weighted by molar-refractivity contribution is 0.306. The van der Waals surface area contributed by atoms with Crippen LogP contribution in [-0.4, -0.2) is 14.8 Å². The molecule has 108 valence electrons. The Balaban J connectivity index is 1.91. The third-order valence-electron chi connectivity index (χ3n) is 3.53. The Morgan fingerprint density at radius 3 is 2.52 bits per heavy atom. The summed E-state index contributed by atoms with van der Waals surface area (Å²) in [5.41, 5.74) is 1.94. The molecule has 3 aromatic rings. The highest BCUT2D eigenvalue weighted by atomic mass is 16.5. The van der Waals surface area contributed by atoms with Crippen LogP contribution in [-0.2, 0) is 13.2 Å². The molecule has 0 amide bonds. The van der Waals surface area contributed by atoms with E-state index in [2.05, 4.69) is 11.5 Å². The molecule has 0 spiro atoms. The maximum Gasteiger partial charge on any atom is 0.125 e. The van der Waals surface area contributed by atoms with Crippen molar-refractivity contribution in [3.63, 3.8) is 0 Å². The Morgan fingerprint density at radius 1 is 1.05 bits per heavy atom. The highest BCUT2D eigenvalue weighted by Crippen LogP contribution is 2.30. The van der Waals surface area contributed by atoms with Crippen molar-refractivity contribution in [1.29, 1.82) is 0 Å². The number of hydrogen-bond donors (Lipinski definition) is 2. The Kier molecular flexibility index (Phi) is 3.44. The zero-order valence-electron chi connectivity index (χ0n) is 11.8. The molecule has 0 bridgehead atoms. The van der Waals surface area contributed by atoms with E-state index < -0.39 is 0 Å². The molecule has 1 heterocycles. The molecule has 2 N–H and O–H groups in total. The van der Waals surface area contributed by atoms with Gasteiger partial charge < -0.3 is 19.5 Å². The number of hydrogen-bond acceptors (Lipinski definition) is 3. The van der Waals surface area contributed by atoms with Gasteiger partial charge in [0.05, 0.1) is 5.52 Å². The Morgan fingerprint density at radius 2 is 1.81 bits per heavy atom. The van der Waals surface area contributed by atoms with Gasteiger partial charge in [0.2, 0.25) is 0 Å². The summed E-state index contributed by atoms with van der Waals surface area (Å²) in [5.74, 6) is 1.16. The van der Waals surface area contributed by atoms with Crippen molar-refractivity contribution in [1.82, 2.24) is 4.57 Å². The molecule has 0 atom stereocenters. The van der Waals surface area contributed by atoms with Gasteiger partial charge in [0.25, 0.3) is 0 Å². The zero-order chi connectivity index (χ0) is 14.8. The summed E-state index contributed by atoms with van der Waals surface area (Å²) in [4.78, 5) is 0. The molecule has 0 radical (unpaired) electrons. The second-order valence-electron chi connectivity index (χ2n) is 4.89. The van der Waals surface area contributed by atoms with E-state index in [4.69, 9.17) is 4.74 Å². The molecule has 4 heteroatoms. The van der Waals surface area contributed by atoms with Gasteiger partial charge >= 0.3 is 0 Å². The summed E-state index contributed by atoms with van der Waals surface area (Å²) >= 11 is 0. The molecule has 4 nitrogen and oxygen atoms in total. The zero-order valence-corrected chi connectivity index (χ0v) is 11.8. The third kappa shape index (κ3) is 2.52. The fraction of sp³-hybridized carbons (Fsp3) is 0.176. The largest absolute Gasteiger partial charge is 0.508 e. The molecule has 0 saturated heterocycles. The molecule has 0 aliphatic heterocycles. The fourth-order valence-electron chi connectivity index (χ4n) is 2.49. The highest BCUT2D eigenvalue weighted by Gasteiger charge is 2.11. The summed E-state index contributed by atoms with van der Waals surface area (Å²) in [6, 6.07) is 12.1. The van der Waals surface area contributed by atoms with Gasteiger partial charge in [-0.15, -0.1) is 0 Å². The van der Waals surface area contributed by atoms with Crippen LogP contribution in [0.2, 0.25) is 0 Å². The van der Waals surface area contributed by atoms with Gasteiger partial charge in [0.1, 0.15) is 23.9 Å². The molecule has 0 saturated carbocycles. The maximum atomic E-state index is 10.1. The summed E-state index contributed by atoms with van der Waals surface area (Å²) in [6.45, 7) is 3.26. The number of aromatic nitrogens is 1. The van der Waals surface area contributed by atoms with Gasteiger partial charge in [0, 0.05) is 23.7 Å². The van der Waals surface area contributed by atoms with Crippen molar-refractivity contribution in [3.8, 4) is 17.2 Å². The van der Waals surface area contributed by atoms with E-state index in [-0.39, 0.29) is 11.5 Å². The number of rotatable bonds is 4. The van der Waals surface area contributed by atoms with Crippen LogP contribution in [0.1, 0.15) is 12.5 Å². The number of aryl methyl sites for hydroxylation is 1. The molecule has 21 heavy (non-hydrogen) atoms. The second-order valence-corrected chi connectivity index (χ2v) is 4.89. The molecule has 1 aromatic heterocycles. The van der Waals surface area contributed by atoms with Crippen LogP contribution in [0.4, 0.5) is 0 Å². The summed E-state index contributed by atoms with van der Waals surface area (Å²) in [6.07, 6.45) is 2.00. The van der Waals surface area contributed by atoms with E-state index in [1.54, 1.807) is 30.3 Å². The molecular weight excluding hydrogens is 266 g/mol. The monoisotopic (exact) mass is 283 g/mol. The van der Waals surface area contributed by atoms with E-state index in [0.29, 0.717) is 12.4 Å². The summed E-state index contributed by atoms with van der Waals surface area (Å²) in [5, 5.41) is 20.2. The number of ether oxygens (including phenoxy) is 1. The average molecular weight is 283 g/mol.